The molecule has 2 aromatic heterocycles. The van der Waals surface area contributed by atoms with E-state index in [1.54, 1.807) is 17.5 Å². The van der Waals surface area contributed by atoms with Gasteiger partial charge in [0.1, 0.15) is 0 Å². The van der Waals surface area contributed by atoms with Gasteiger partial charge in [-0.05, 0) is 44.2 Å². The fourth-order valence-corrected chi connectivity index (χ4v) is 4.60. The molecule has 1 aliphatic carbocycles. The first-order chi connectivity index (χ1) is 11.9. The molecule has 24 heavy (non-hydrogen) atoms. The fourth-order valence-electron chi connectivity index (χ4n) is 4.08. The molecular weight excluding hydrogens is 318 g/mol. The van der Waals surface area contributed by atoms with Gasteiger partial charge >= 0.3 is 0 Å². The van der Waals surface area contributed by atoms with Gasteiger partial charge in [-0.2, -0.15) is 0 Å². The third-order valence-electron chi connectivity index (χ3n) is 5.25. The molecule has 0 radical (unpaired) electrons. The largest absolute Gasteiger partial charge is 0.300 e. The molecular formula is C18H25N5S. The summed E-state index contributed by atoms with van der Waals surface area (Å²) in [6, 6.07) is 2.53. The fraction of sp³-hybridized carbons (Fsp3) is 0.611. The molecule has 5 nitrogen and oxygen atoms in total. The summed E-state index contributed by atoms with van der Waals surface area (Å²) in [4.78, 5) is 16.0. The van der Waals surface area contributed by atoms with E-state index < -0.39 is 0 Å². The van der Waals surface area contributed by atoms with E-state index in [1.807, 2.05) is 11.6 Å². The van der Waals surface area contributed by atoms with Crippen molar-refractivity contribution >= 4 is 22.4 Å². The molecule has 0 aromatic carbocycles. The van der Waals surface area contributed by atoms with E-state index in [1.165, 1.54) is 58.0 Å². The minimum absolute atomic E-state index is 0.451. The van der Waals surface area contributed by atoms with Crippen LogP contribution in [0.15, 0.2) is 23.8 Å². The molecule has 0 spiro atoms. The quantitative estimate of drug-likeness (QED) is 0.872. The summed E-state index contributed by atoms with van der Waals surface area (Å²) in [5, 5.41) is 6.01. The highest BCUT2D eigenvalue weighted by Crippen LogP contribution is 2.34. The van der Waals surface area contributed by atoms with Crippen LogP contribution in [-0.2, 0) is 0 Å². The van der Waals surface area contributed by atoms with Gasteiger partial charge in [-0.3, -0.25) is 4.90 Å². The molecule has 2 fully saturated rings. The Bertz CT molecular complexity index is 639. The smallest absolute Gasteiger partial charge is 0.229 e. The molecule has 4 rings (SSSR count). The third kappa shape index (κ3) is 3.75. The molecule has 3 heterocycles. The lowest BCUT2D eigenvalue weighted by atomic mass is 9.88. The summed E-state index contributed by atoms with van der Waals surface area (Å²) in [5.74, 6) is 1.54. The zero-order chi connectivity index (χ0) is 16.2. The SMILES string of the molecule is c1cc([C@@H]2CCCN2CC2CCCCC2)nc(Nc2nccs2)n1. The number of aromatic nitrogens is 3. The Balaban J connectivity index is 1.45. The molecule has 1 aliphatic heterocycles. The summed E-state index contributed by atoms with van der Waals surface area (Å²) in [7, 11) is 0. The number of hydrogen-bond donors (Lipinski definition) is 1. The van der Waals surface area contributed by atoms with Gasteiger partial charge in [-0.25, -0.2) is 15.0 Å². The van der Waals surface area contributed by atoms with Gasteiger partial charge in [-0.15, -0.1) is 11.3 Å². The van der Waals surface area contributed by atoms with Crippen LogP contribution >= 0.6 is 11.3 Å². The molecule has 1 saturated heterocycles. The molecule has 6 heteroatoms. The number of anilines is 2. The average Bonchev–Trinajstić information content (AvgIpc) is 3.28. The monoisotopic (exact) mass is 343 g/mol. The van der Waals surface area contributed by atoms with E-state index in [4.69, 9.17) is 4.98 Å². The zero-order valence-electron chi connectivity index (χ0n) is 14.0. The maximum absolute atomic E-state index is 4.78. The Kier molecular flexibility index (Phi) is 5.04. The molecule has 2 aromatic rings. The van der Waals surface area contributed by atoms with Gasteiger partial charge in [0.05, 0.1) is 11.7 Å². The lowest BCUT2D eigenvalue weighted by Crippen LogP contribution is -2.30. The van der Waals surface area contributed by atoms with Gasteiger partial charge in [0, 0.05) is 24.3 Å². The van der Waals surface area contributed by atoms with Crippen molar-refractivity contribution in [2.75, 3.05) is 18.4 Å². The lowest BCUT2D eigenvalue weighted by Gasteiger charge is -2.30. The van der Waals surface area contributed by atoms with Gasteiger partial charge in [0.15, 0.2) is 5.13 Å². The van der Waals surface area contributed by atoms with Crippen LogP contribution in [-0.4, -0.2) is 32.9 Å². The predicted octanol–water partition coefficient (Wildman–Crippen LogP) is 4.39. The molecule has 0 bridgehead atoms. The normalized spacial score (nSPS) is 22.8. The number of rotatable bonds is 5. The summed E-state index contributed by atoms with van der Waals surface area (Å²) in [5.41, 5.74) is 1.15. The number of thiazole rings is 1. The Morgan fingerprint density at radius 1 is 1.08 bits per heavy atom. The second kappa shape index (κ2) is 7.57. The topological polar surface area (TPSA) is 53.9 Å². The maximum Gasteiger partial charge on any atom is 0.229 e. The third-order valence-corrected chi connectivity index (χ3v) is 5.94. The summed E-state index contributed by atoms with van der Waals surface area (Å²) >= 11 is 1.57. The molecule has 2 aliphatic rings. The first-order valence-corrected chi connectivity index (χ1v) is 10.00. The second-order valence-corrected chi connectivity index (χ2v) is 7.82. The Labute approximate surface area is 147 Å². The highest BCUT2D eigenvalue weighted by Gasteiger charge is 2.29. The van der Waals surface area contributed by atoms with E-state index in [9.17, 15) is 0 Å². The number of hydrogen-bond acceptors (Lipinski definition) is 6. The van der Waals surface area contributed by atoms with Gasteiger partial charge in [0.2, 0.25) is 5.95 Å². The van der Waals surface area contributed by atoms with Crippen molar-refractivity contribution in [1.82, 2.24) is 19.9 Å². The number of nitrogens with zero attached hydrogens (tertiary/aromatic N) is 4. The lowest BCUT2D eigenvalue weighted by molar-refractivity contribution is 0.186. The van der Waals surface area contributed by atoms with Gasteiger partial charge in [0.25, 0.3) is 0 Å². The Morgan fingerprint density at radius 2 is 2.00 bits per heavy atom. The molecule has 128 valence electrons. The van der Waals surface area contributed by atoms with E-state index in [-0.39, 0.29) is 0 Å². The van der Waals surface area contributed by atoms with E-state index in [0.29, 0.717) is 12.0 Å². The first-order valence-electron chi connectivity index (χ1n) is 9.12. The molecule has 0 unspecified atom stereocenters. The van der Waals surface area contributed by atoms with Crippen molar-refractivity contribution in [3.63, 3.8) is 0 Å². The van der Waals surface area contributed by atoms with Crippen LogP contribution in [0.1, 0.15) is 56.7 Å². The van der Waals surface area contributed by atoms with Crippen LogP contribution in [0, 0.1) is 5.92 Å². The van der Waals surface area contributed by atoms with Crippen molar-refractivity contribution in [1.29, 1.82) is 0 Å². The zero-order valence-corrected chi connectivity index (χ0v) is 14.8. The Hall–Kier alpha value is -1.53. The Morgan fingerprint density at radius 3 is 2.83 bits per heavy atom. The highest BCUT2D eigenvalue weighted by atomic mass is 32.1. The maximum atomic E-state index is 4.78. The van der Waals surface area contributed by atoms with Crippen molar-refractivity contribution in [3.8, 4) is 0 Å². The molecule has 1 saturated carbocycles. The first kappa shape index (κ1) is 16.0. The number of nitrogens with one attached hydrogen (secondary N) is 1. The average molecular weight is 344 g/mol. The summed E-state index contributed by atoms with van der Waals surface area (Å²) in [6.07, 6.45) is 13.2. The van der Waals surface area contributed by atoms with E-state index in [0.717, 1.165) is 16.7 Å². The molecule has 1 atom stereocenters. The van der Waals surface area contributed by atoms with Gasteiger partial charge < -0.3 is 5.32 Å². The van der Waals surface area contributed by atoms with Crippen molar-refractivity contribution < 1.29 is 0 Å². The second-order valence-electron chi connectivity index (χ2n) is 6.92. The highest BCUT2D eigenvalue weighted by molar-refractivity contribution is 7.13. The van der Waals surface area contributed by atoms with Crippen molar-refractivity contribution in [2.24, 2.45) is 5.92 Å². The van der Waals surface area contributed by atoms with Crippen LogP contribution in [0.25, 0.3) is 0 Å². The van der Waals surface area contributed by atoms with Crippen molar-refractivity contribution in [2.45, 2.75) is 51.0 Å². The van der Waals surface area contributed by atoms with E-state index >= 15 is 0 Å². The summed E-state index contributed by atoms with van der Waals surface area (Å²) in [6.45, 7) is 2.45. The van der Waals surface area contributed by atoms with Gasteiger partial charge in [-0.1, -0.05) is 19.3 Å². The number of likely N-dealkylation sites (tertiary alicyclic amines) is 1. The van der Waals surface area contributed by atoms with Crippen LogP contribution in [0.3, 0.4) is 0 Å². The van der Waals surface area contributed by atoms with Crippen LogP contribution in [0.5, 0.6) is 0 Å². The molecule has 0 amide bonds. The van der Waals surface area contributed by atoms with Crippen LogP contribution in [0.4, 0.5) is 11.1 Å². The minimum Gasteiger partial charge on any atom is -0.300 e. The summed E-state index contributed by atoms with van der Waals surface area (Å²) < 4.78 is 0. The standard InChI is InChI=1S/C18H25N5S/c1-2-5-14(6-3-1)13-23-11-4-7-16(23)15-8-9-19-17(21-15)22-18-20-10-12-24-18/h8-10,12,14,16H,1-7,11,13H2,(H,19,20,21,22)/t16-/m0/s1. The van der Waals surface area contributed by atoms with Crippen LogP contribution < -0.4 is 5.32 Å². The predicted molar refractivity (Wildman–Crippen MR) is 97.6 cm³/mol. The van der Waals surface area contributed by atoms with E-state index in [2.05, 4.69) is 26.3 Å². The molecule has 1 N–H and O–H groups in total. The minimum atomic E-state index is 0.451. The van der Waals surface area contributed by atoms with Crippen molar-refractivity contribution in [3.05, 3.63) is 29.5 Å². The van der Waals surface area contributed by atoms with Crippen LogP contribution in [0.2, 0.25) is 0 Å².